The molecule has 0 aliphatic carbocycles. The topological polar surface area (TPSA) is 96.7 Å². The number of imide groups is 1. The molecule has 3 amide bonds. The van der Waals surface area contributed by atoms with Crippen LogP contribution in [0, 0.1) is 6.92 Å². The smallest absolute Gasteiger partial charge is 0.261 e. The third-order valence-corrected chi connectivity index (χ3v) is 5.62. The van der Waals surface area contributed by atoms with Gasteiger partial charge in [0.1, 0.15) is 0 Å². The summed E-state index contributed by atoms with van der Waals surface area (Å²) in [5.74, 6) is -0.414. The van der Waals surface area contributed by atoms with Crippen molar-refractivity contribution in [3.05, 3.63) is 65.1 Å². The minimum atomic E-state index is -0.222. The van der Waals surface area contributed by atoms with E-state index in [9.17, 15) is 14.4 Å². The van der Waals surface area contributed by atoms with Crippen molar-refractivity contribution in [1.29, 1.82) is 0 Å². The first kappa shape index (κ1) is 21.7. The van der Waals surface area contributed by atoms with Gasteiger partial charge in [0.25, 0.3) is 11.8 Å². The Bertz CT molecular complexity index is 1120. The second-order valence-electron chi connectivity index (χ2n) is 8.12. The molecule has 1 aliphatic rings. The summed E-state index contributed by atoms with van der Waals surface area (Å²) in [6.45, 7) is 2.95. The Hall–Kier alpha value is -3.55. The van der Waals surface area contributed by atoms with Gasteiger partial charge in [-0.25, -0.2) is 9.50 Å². The lowest BCUT2D eigenvalue weighted by atomic mass is 10.1. The predicted octanol–water partition coefficient (Wildman–Crippen LogP) is 2.94. The summed E-state index contributed by atoms with van der Waals surface area (Å²) < 4.78 is 1.78. The average molecular weight is 434 g/mol. The number of unbranched alkanes of at least 4 members (excludes halogenated alkanes) is 2. The number of rotatable bonds is 10. The molecule has 0 atom stereocenters. The lowest BCUT2D eigenvalue weighted by Crippen LogP contribution is -2.30. The molecule has 3 aromatic rings. The van der Waals surface area contributed by atoms with Gasteiger partial charge in [0.2, 0.25) is 5.91 Å². The molecule has 0 saturated carbocycles. The number of carbonyl (C=O) groups is 3. The minimum Gasteiger partial charge on any atom is -0.356 e. The molecule has 4 rings (SSSR count). The number of aromatic nitrogens is 3. The van der Waals surface area contributed by atoms with Crippen LogP contribution in [0.2, 0.25) is 0 Å². The number of benzene rings is 1. The van der Waals surface area contributed by atoms with Gasteiger partial charge in [-0.05, 0) is 50.3 Å². The molecular formula is C24H27N5O3. The lowest BCUT2D eigenvalue weighted by Gasteiger charge is -2.13. The third kappa shape index (κ3) is 4.85. The van der Waals surface area contributed by atoms with Gasteiger partial charge < -0.3 is 5.32 Å². The van der Waals surface area contributed by atoms with Crippen molar-refractivity contribution in [2.45, 2.75) is 45.4 Å². The first-order chi connectivity index (χ1) is 15.5. The monoisotopic (exact) mass is 433 g/mol. The van der Waals surface area contributed by atoms with Crippen molar-refractivity contribution < 1.29 is 14.4 Å². The van der Waals surface area contributed by atoms with Gasteiger partial charge in [0, 0.05) is 38.0 Å². The number of nitrogens with zero attached hydrogens (tertiary/aromatic N) is 4. The molecule has 0 fully saturated rings. The molecule has 8 nitrogen and oxygen atoms in total. The van der Waals surface area contributed by atoms with Crippen molar-refractivity contribution in [2.24, 2.45) is 0 Å². The molecule has 1 aromatic carbocycles. The summed E-state index contributed by atoms with van der Waals surface area (Å²) in [5.41, 5.74) is 3.82. The first-order valence-corrected chi connectivity index (χ1v) is 11.1. The standard InChI is InChI=1S/C24H27N5O3/c1-17-14-21-26-15-18(16-29(21)27-17)8-7-12-25-22(30)11-3-2-6-13-28-23(31)19-9-4-5-10-20(19)24(28)32/h4-5,9-10,14-16H,2-3,6-8,11-13H2,1H3,(H,25,30). The Balaban J connectivity index is 1.09. The molecule has 3 heterocycles. The molecule has 0 unspecified atom stereocenters. The second-order valence-corrected chi connectivity index (χ2v) is 8.12. The Morgan fingerprint density at radius 2 is 1.78 bits per heavy atom. The third-order valence-electron chi connectivity index (χ3n) is 5.62. The molecular weight excluding hydrogens is 406 g/mol. The molecule has 1 N–H and O–H groups in total. The highest BCUT2D eigenvalue weighted by atomic mass is 16.2. The first-order valence-electron chi connectivity index (χ1n) is 11.1. The highest BCUT2D eigenvalue weighted by molar-refractivity contribution is 6.21. The van der Waals surface area contributed by atoms with E-state index in [1.807, 2.05) is 25.4 Å². The van der Waals surface area contributed by atoms with Crippen molar-refractivity contribution in [1.82, 2.24) is 24.8 Å². The van der Waals surface area contributed by atoms with Crippen LogP contribution >= 0.6 is 0 Å². The summed E-state index contributed by atoms with van der Waals surface area (Å²) >= 11 is 0. The Morgan fingerprint density at radius 1 is 1.03 bits per heavy atom. The van der Waals surface area contributed by atoms with Crippen LogP contribution in [0.25, 0.3) is 5.65 Å². The van der Waals surface area contributed by atoms with E-state index in [0.29, 0.717) is 37.1 Å². The Labute approximate surface area is 186 Å². The SMILES string of the molecule is Cc1cc2ncc(CCCNC(=O)CCCCCN3C(=O)c4ccccc4C3=O)cn2n1. The van der Waals surface area contributed by atoms with Crippen LogP contribution in [-0.4, -0.2) is 50.3 Å². The van der Waals surface area contributed by atoms with Crippen LogP contribution in [0.15, 0.2) is 42.7 Å². The molecule has 8 heteroatoms. The minimum absolute atomic E-state index is 0.0296. The number of carbonyl (C=O) groups excluding carboxylic acids is 3. The van der Waals surface area contributed by atoms with Crippen LogP contribution in [0.5, 0.6) is 0 Å². The van der Waals surface area contributed by atoms with Crippen molar-refractivity contribution in [3.63, 3.8) is 0 Å². The van der Waals surface area contributed by atoms with Crippen LogP contribution in [0.1, 0.15) is 64.1 Å². The van der Waals surface area contributed by atoms with Crippen LogP contribution in [0.4, 0.5) is 0 Å². The van der Waals surface area contributed by atoms with Crippen molar-refractivity contribution in [3.8, 4) is 0 Å². The van der Waals surface area contributed by atoms with E-state index >= 15 is 0 Å². The highest BCUT2D eigenvalue weighted by Crippen LogP contribution is 2.22. The normalized spacial score (nSPS) is 13.1. The number of hydrogen-bond donors (Lipinski definition) is 1. The van der Waals surface area contributed by atoms with Crippen LogP contribution in [0.3, 0.4) is 0 Å². The van der Waals surface area contributed by atoms with Crippen LogP contribution in [-0.2, 0) is 11.2 Å². The van der Waals surface area contributed by atoms with E-state index < -0.39 is 0 Å². The fourth-order valence-corrected chi connectivity index (χ4v) is 3.95. The van der Waals surface area contributed by atoms with E-state index in [0.717, 1.165) is 42.6 Å². The molecule has 0 radical (unpaired) electrons. The van der Waals surface area contributed by atoms with Gasteiger partial charge in [-0.1, -0.05) is 18.6 Å². The van der Waals surface area contributed by atoms with E-state index in [-0.39, 0.29) is 17.7 Å². The number of aryl methyl sites for hydroxylation is 2. The maximum Gasteiger partial charge on any atom is 0.261 e. The van der Waals surface area contributed by atoms with Gasteiger partial charge in [-0.3, -0.25) is 19.3 Å². The zero-order valence-corrected chi connectivity index (χ0v) is 18.2. The molecule has 166 valence electrons. The summed E-state index contributed by atoms with van der Waals surface area (Å²) in [4.78, 5) is 42.4. The average Bonchev–Trinajstić information content (AvgIpc) is 3.28. The van der Waals surface area contributed by atoms with Gasteiger partial charge >= 0.3 is 0 Å². The maximum absolute atomic E-state index is 12.3. The molecule has 0 spiro atoms. The van der Waals surface area contributed by atoms with E-state index in [2.05, 4.69) is 15.4 Å². The van der Waals surface area contributed by atoms with E-state index in [4.69, 9.17) is 0 Å². The number of hydrogen-bond acceptors (Lipinski definition) is 5. The second kappa shape index (κ2) is 9.72. The fraction of sp³-hybridized carbons (Fsp3) is 0.375. The fourth-order valence-electron chi connectivity index (χ4n) is 3.95. The number of fused-ring (bicyclic) bond motifs is 2. The van der Waals surface area contributed by atoms with Crippen LogP contribution < -0.4 is 5.32 Å². The lowest BCUT2D eigenvalue weighted by molar-refractivity contribution is -0.121. The Kier molecular flexibility index (Phi) is 6.58. The summed E-state index contributed by atoms with van der Waals surface area (Å²) in [7, 11) is 0. The van der Waals surface area contributed by atoms with Gasteiger partial charge in [-0.15, -0.1) is 0 Å². The largest absolute Gasteiger partial charge is 0.356 e. The zero-order chi connectivity index (χ0) is 22.5. The van der Waals surface area contributed by atoms with Gasteiger partial charge in [0.05, 0.1) is 16.8 Å². The molecule has 1 aliphatic heterocycles. The zero-order valence-electron chi connectivity index (χ0n) is 18.2. The Morgan fingerprint density at radius 3 is 2.53 bits per heavy atom. The number of amides is 3. The van der Waals surface area contributed by atoms with E-state index in [1.165, 1.54) is 4.90 Å². The van der Waals surface area contributed by atoms with E-state index in [1.54, 1.807) is 28.8 Å². The predicted molar refractivity (Wildman–Crippen MR) is 119 cm³/mol. The number of nitrogens with one attached hydrogen (secondary N) is 1. The van der Waals surface area contributed by atoms with Gasteiger partial charge in [-0.2, -0.15) is 5.10 Å². The summed E-state index contributed by atoms with van der Waals surface area (Å²) in [6.07, 6.45) is 8.15. The summed E-state index contributed by atoms with van der Waals surface area (Å²) in [6, 6.07) is 8.84. The molecule has 0 bridgehead atoms. The molecule has 32 heavy (non-hydrogen) atoms. The molecule has 0 saturated heterocycles. The summed E-state index contributed by atoms with van der Waals surface area (Å²) in [5, 5.41) is 7.32. The quantitative estimate of drug-likeness (QED) is 0.392. The van der Waals surface area contributed by atoms with Crippen molar-refractivity contribution in [2.75, 3.05) is 13.1 Å². The van der Waals surface area contributed by atoms with Gasteiger partial charge in [0.15, 0.2) is 5.65 Å². The molecule has 2 aromatic heterocycles. The highest BCUT2D eigenvalue weighted by Gasteiger charge is 2.34. The maximum atomic E-state index is 12.3. The van der Waals surface area contributed by atoms with Crippen molar-refractivity contribution >= 4 is 23.4 Å².